The van der Waals surface area contributed by atoms with Gasteiger partial charge < -0.3 is 14.5 Å². The molecule has 3 aromatic rings. The average molecular weight is 364 g/mol. The Kier molecular flexibility index (Phi) is 4.46. The Morgan fingerprint density at radius 1 is 1.12 bits per heavy atom. The minimum absolute atomic E-state index is 0.137. The zero-order chi connectivity index (χ0) is 17.3. The van der Waals surface area contributed by atoms with Gasteiger partial charge in [-0.1, -0.05) is 23.2 Å². The van der Waals surface area contributed by atoms with E-state index in [-0.39, 0.29) is 10.6 Å². The van der Waals surface area contributed by atoms with Crippen molar-refractivity contribution in [3.05, 3.63) is 68.5 Å². The standard InChI is InChI=1S/C17H11Cl2NO4/c1-23-11-3-5-15-9(6-11)7-12(17(22)24-15)16(21)20-14-4-2-10(18)8-13(14)19/h2-8H,1H3,(H,20,21). The Bertz CT molecular complexity index is 998. The van der Waals surface area contributed by atoms with Gasteiger partial charge in [0.15, 0.2) is 0 Å². The molecule has 0 bridgehead atoms. The van der Waals surface area contributed by atoms with Crippen molar-refractivity contribution in [2.24, 2.45) is 0 Å². The van der Waals surface area contributed by atoms with Gasteiger partial charge in [-0.25, -0.2) is 4.79 Å². The second-order valence-corrected chi connectivity index (χ2v) is 5.77. The molecule has 0 aliphatic rings. The number of hydrogen-bond donors (Lipinski definition) is 1. The number of halogens is 2. The molecule has 1 heterocycles. The topological polar surface area (TPSA) is 68.5 Å². The smallest absolute Gasteiger partial charge is 0.349 e. The fraction of sp³-hybridized carbons (Fsp3) is 0.0588. The summed E-state index contributed by atoms with van der Waals surface area (Å²) >= 11 is 11.8. The van der Waals surface area contributed by atoms with E-state index in [1.807, 2.05) is 0 Å². The number of fused-ring (bicyclic) bond motifs is 1. The first-order valence-corrected chi connectivity index (χ1v) is 7.62. The fourth-order valence-corrected chi connectivity index (χ4v) is 2.62. The highest BCUT2D eigenvalue weighted by molar-refractivity contribution is 6.36. The van der Waals surface area contributed by atoms with Crippen LogP contribution in [-0.2, 0) is 0 Å². The molecule has 24 heavy (non-hydrogen) atoms. The predicted molar refractivity (Wildman–Crippen MR) is 93.5 cm³/mol. The Morgan fingerprint density at radius 2 is 1.92 bits per heavy atom. The van der Waals surface area contributed by atoms with Crippen molar-refractivity contribution >= 4 is 45.8 Å². The number of ether oxygens (including phenoxy) is 1. The third kappa shape index (κ3) is 3.22. The molecule has 0 fully saturated rings. The van der Waals surface area contributed by atoms with E-state index in [0.717, 1.165) is 0 Å². The summed E-state index contributed by atoms with van der Waals surface area (Å²) in [7, 11) is 1.52. The van der Waals surface area contributed by atoms with Gasteiger partial charge in [-0.15, -0.1) is 0 Å². The van der Waals surface area contributed by atoms with Gasteiger partial charge in [-0.3, -0.25) is 4.79 Å². The molecule has 0 spiro atoms. The maximum atomic E-state index is 12.4. The first-order valence-electron chi connectivity index (χ1n) is 6.86. The van der Waals surface area contributed by atoms with Crippen molar-refractivity contribution in [2.45, 2.75) is 0 Å². The van der Waals surface area contributed by atoms with Gasteiger partial charge in [0, 0.05) is 10.4 Å². The van der Waals surface area contributed by atoms with Crippen molar-refractivity contribution in [1.82, 2.24) is 0 Å². The largest absolute Gasteiger partial charge is 0.497 e. The summed E-state index contributed by atoms with van der Waals surface area (Å²) < 4.78 is 10.3. The SMILES string of the molecule is COc1ccc2oc(=O)c(C(=O)Nc3ccc(Cl)cc3Cl)cc2c1. The van der Waals surface area contributed by atoms with Crippen molar-refractivity contribution in [1.29, 1.82) is 0 Å². The maximum Gasteiger partial charge on any atom is 0.349 e. The molecule has 3 rings (SSSR count). The van der Waals surface area contributed by atoms with E-state index >= 15 is 0 Å². The molecule has 0 saturated carbocycles. The lowest BCUT2D eigenvalue weighted by atomic mass is 10.1. The zero-order valence-corrected chi connectivity index (χ0v) is 13.9. The van der Waals surface area contributed by atoms with Crippen molar-refractivity contribution in [3.8, 4) is 5.75 Å². The van der Waals surface area contributed by atoms with E-state index in [4.69, 9.17) is 32.4 Å². The van der Waals surface area contributed by atoms with Crippen LogP contribution in [0.2, 0.25) is 10.0 Å². The molecule has 1 amide bonds. The van der Waals surface area contributed by atoms with Crippen LogP contribution in [0.15, 0.2) is 51.7 Å². The van der Waals surface area contributed by atoms with Gasteiger partial charge in [0.25, 0.3) is 5.91 Å². The number of nitrogens with one attached hydrogen (secondary N) is 1. The highest BCUT2D eigenvalue weighted by Gasteiger charge is 2.15. The van der Waals surface area contributed by atoms with Gasteiger partial charge in [0.2, 0.25) is 0 Å². The Morgan fingerprint density at radius 3 is 2.62 bits per heavy atom. The summed E-state index contributed by atoms with van der Waals surface area (Å²) in [4.78, 5) is 24.4. The molecule has 0 aliphatic carbocycles. The number of carbonyl (C=O) groups is 1. The van der Waals surface area contributed by atoms with E-state index in [1.165, 1.54) is 19.2 Å². The van der Waals surface area contributed by atoms with Crippen molar-refractivity contribution in [3.63, 3.8) is 0 Å². The summed E-state index contributed by atoms with van der Waals surface area (Å²) in [6, 6.07) is 11.0. The van der Waals surface area contributed by atoms with Crippen LogP contribution in [0.3, 0.4) is 0 Å². The minimum atomic E-state index is -0.741. The van der Waals surface area contributed by atoms with E-state index < -0.39 is 11.5 Å². The van der Waals surface area contributed by atoms with E-state index in [1.54, 1.807) is 30.3 Å². The lowest BCUT2D eigenvalue weighted by molar-refractivity contribution is 0.102. The molecular weight excluding hydrogens is 353 g/mol. The van der Waals surface area contributed by atoms with Crippen molar-refractivity contribution in [2.75, 3.05) is 12.4 Å². The lowest BCUT2D eigenvalue weighted by Gasteiger charge is -2.08. The van der Waals surface area contributed by atoms with Crippen LogP contribution >= 0.6 is 23.2 Å². The quantitative estimate of drug-likeness (QED) is 0.701. The molecule has 1 N–H and O–H groups in total. The first-order chi connectivity index (χ1) is 11.5. The fourth-order valence-electron chi connectivity index (χ4n) is 2.17. The second-order valence-electron chi connectivity index (χ2n) is 4.93. The normalized spacial score (nSPS) is 10.6. The number of methoxy groups -OCH3 is 1. The minimum Gasteiger partial charge on any atom is -0.497 e. The molecule has 0 radical (unpaired) electrons. The molecule has 0 unspecified atom stereocenters. The highest BCUT2D eigenvalue weighted by atomic mass is 35.5. The third-order valence-corrected chi connectivity index (χ3v) is 3.91. The summed E-state index contributed by atoms with van der Waals surface area (Å²) in [5.74, 6) is -0.0406. The molecule has 7 heteroatoms. The summed E-state index contributed by atoms with van der Waals surface area (Å²) in [5.41, 5.74) is -0.171. The van der Waals surface area contributed by atoms with Gasteiger partial charge in [-0.2, -0.15) is 0 Å². The predicted octanol–water partition coefficient (Wildman–Crippen LogP) is 4.36. The van der Waals surface area contributed by atoms with Crippen LogP contribution < -0.4 is 15.7 Å². The number of rotatable bonds is 3. The van der Waals surface area contributed by atoms with Crippen LogP contribution in [0, 0.1) is 0 Å². The number of anilines is 1. The monoisotopic (exact) mass is 363 g/mol. The Hall–Kier alpha value is -2.50. The van der Waals surface area contributed by atoms with E-state index in [0.29, 0.717) is 27.4 Å². The molecule has 5 nitrogen and oxygen atoms in total. The van der Waals surface area contributed by atoms with Crippen LogP contribution in [0.1, 0.15) is 10.4 Å². The van der Waals surface area contributed by atoms with Crippen LogP contribution in [0.5, 0.6) is 5.75 Å². The zero-order valence-electron chi connectivity index (χ0n) is 12.4. The molecule has 2 aromatic carbocycles. The summed E-state index contributed by atoms with van der Waals surface area (Å²) in [6.45, 7) is 0. The van der Waals surface area contributed by atoms with Gasteiger partial charge in [0.05, 0.1) is 17.8 Å². The van der Waals surface area contributed by atoms with Gasteiger partial charge >= 0.3 is 5.63 Å². The molecule has 0 atom stereocenters. The number of hydrogen-bond acceptors (Lipinski definition) is 4. The summed E-state index contributed by atoms with van der Waals surface area (Å²) in [5, 5.41) is 3.84. The van der Waals surface area contributed by atoms with E-state index in [9.17, 15) is 9.59 Å². The van der Waals surface area contributed by atoms with E-state index in [2.05, 4.69) is 5.32 Å². The summed E-state index contributed by atoms with van der Waals surface area (Å²) in [6.07, 6.45) is 0. The first kappa shape index (κ1) is 16.4. The third-order valence-electron chi connectivity index (χ3n) is 3.36. The lowest BCUT2D eigenvalue weighted by Crippen LogP contribution is -2.20. The van der Waals surface area contributed by atoms with Gasteiger partial charge in [0.1, 0.15) is 16.9 Å². The van der Waals surface area contributed by atoms with Crippen LogP contribution in [-0.4, -0.2) is 13.0 Å². The number of amides is 1. The molecule has 0 aliphatic heterocycles. The van der Waals surface area contributed by atoms with Gasteiger partial charge in [-0.05, 0) is 42.5 Å². The molecular formula is C17H11Cl2NO4. The highest BCUT2D eigenvalue weighted by Crippen LogP contribution is 2.26. The number of benzene rings is 2. The van der Waals surface area contributed by atoms with Crippen molar-refractivity contribution < 1.29 is 13.9 Å². The Balaban J connectivity index is 1.99. The molecule has 1 aromatic heterocycles. The van der Waals surface area contributed by atoms with Crippen LogP contribution in [0.25, 0.3) is 11.0 Å². The average Bonchev–Trinajstić information content (AvgIpc) is 2.56. The van der Waals surface area contributed by atoms with Crippen LogP contribution in [0.4, 0.5) is 5.69 Å². The maximum absolute atomic E-state index is 12.4. The Labute approximate surface area is 146 Å². The second kappa shape index (κ2) is 6.55. The molecule has 0 saturated heterocycles. The molecule has 122 valence electrons. The number of carbonyl (C=O) groups excluding carboxylic acids is 1.